The van der Waals surface area contributed by atoms with Gasteiger partial charge in [-0.1, -0.05) is 11.2 Å². The van der Waals surface area contributed by atoms with Crippen LogP contribution in [-0.2, 0) is 19.1 Å². The van der Waals surface area contributed by atoms with Crippen molar-refractivity contribution in [2.75, 3.05) is 33.0 Å². The van der Waals surface area contributed by atoms with Crippen molar-refractivity contribution in [1.29, 1.82) is 0 Å². The van der Waals surface area contributed by atoms with Gasteiger partial charge in [-0.3, -0.25) is 9.59 Å². The quantitative estimate of drug-likeness (QED) is 0.445. The zero-order chi connectivity index (χ0) is 15.1. The van der Waals surface area contributed by atoms with Gasteiger partial charge in [0.2, 0.25) is 0 Å². The molecule has 0 saturated carbocycles. The maximum atomic E-state index is 11.9. The van der Waals surface area contributed by atoms with Crippen LogP contribution in [0, 0.1) is 28.9 Å². The third kappa shape index (κ3) is 4.89. The number of methoxy groups -OCH3 is 2. The van der Waals surface area contributed by atoms with Crippen molar-refractivity contribution < 1.29 is 19.1 Å². The molecule has 0 spiro atoms. The van der Waals surface area contributed by atoms with Gasteiger partial charge in [0.15, 0.2) is 5.41 Å². The Bertz CT molecular complexity index is 427. The molecule has 0 atom stereocenters. The van der Waals surface area contributed by atoms with E-state index in [1.165, 1.54) is 14.2 Å². The Morgan fingerprint density at radius 1 is 1.11 bits per heavy atom. The highest BCUT2D eigenvalue weighted by Crippen LogP contribution is 2.34. The minimum atomic E-state index is -1.53. The lowest BCUT2D eigenvalue weighted by Gasteiger charge is -2.24. The van der Waals surface area contributed by atoms with Gasteiger partial charge in [-0.05, 0) is 18.8 Å². The summed E-state index contributed by atoms with van der Waals surface area (Å²) >= 11 is 0. The molecule has 0 N–H and O–H groups in total. The van der Waals surface area contributed by atoms with E-state index in [2.05, 4.69) is 26.6 Å². The Balaban J connectivity index is 5.46. The minimum Gasteiger partial charge on any atom is -0.468 e. The first-order valence-corrected chi connectivity index (χ1v) is 8.37. The van der Waals surface area contributed by atoms with E-state index in [1.807, 2.05) is 18.8 Å². The molecule has 0 aromatic carbocycles. The molecule has 0 aliphatic heterocycles. The molecule has 19 heavy (non-hydrogen) atoms. The first-order chi connectivity index (χ1) is 8.73. The fourth-order valence-electron chi connectivity index (χ4n) is 1.40. The van der Waals surface area contributed by atoms with Gasteiger partial charge in [-0.2, -0.15) is 10.0 Å². The fraction of sp³-hybridized carbons (Fsp3) is 0.571. The third-order valence-electron chi connectivity index (χ3n) is 2.32. The van der Waals surface area contributed by atoms with Gasteiger partial charge < -0.3 is 9.47 Å². The van der Waals surface area contributed by atoms with E-state index >= 15 is 0 Å². The van der Waals surface area contributed by atoms with Crippen molar-refractivity contribution in [3.8, 4) is 23.5 Å². The molecule has 0 rings (SSSR count). The topological polar surface area (TPSA) is 52.6 Å². The Morgan fingerprint density at radius 2 is 1.58 bits per heavy atom. The summed E-state index contributed by atoms with van der Waals surface area (Å²) in [5, 5.41) is 3.04. The molecule has 0 aromatic heterocycles. The van der Waals surface area contributed by atoms with Crippen LogP contribution in [0.2, 0.25) is 0 Å². The molecule has 106 valence electrons. The van der Waals surface area contributed by atoms with Gasteiger partial charge in [0.25, 0.3) is 0 Å². The number of hydrogen-bond acceptors (Lipinski definition) is 4. The Labute approximate surface area is 116 Å². The van der Waals surface area contributed by atoms with Crippen molar-refractivity contribution in [2.45, 2.75) is 12.8 Å². The average Bonchev–Trinajstić information content (AvgIpc) is 2.34. The van der Waals surface area contributed by atoms with E-state index in [-0.39, 0.29) is 12.8 Å². The molecule has 0 fully saturated rings. The molecule has 5 heteroatoms. The standard InChI is InChI=1S/C14H20O4S/c1-7-9-14(12(15)17-2,13(16)18-3)10-8-11-19(4,5)6/h1H,9-10H2,2-6H3. The lowest BCUT2D eigenvalue weighted by molar-refractivity contribution is -0.168. The van der Waals surface area contributed by atoms with Crippen molar-refractivity contribution in [2.24, 2.45) is 5.41 Å². The van der Waals surface area contributed by atoms with Crippen LogP contribution in [0.5, 0.6) is 0 Å². The highest BCUT2D eigenvalue weighted by molar-refractivity contribution is 8.35. The molecule has 0 radical (unpaired) electrons. The lowest BCUT2D eigenvalue weighted by atomic mass is 9.81. The summed E-state index contributed by atoms with van der Waals surface area (Å²) in [7, 11) is 1.37. The number of rotatable bonds is 4. The SMILES string of the molecule is C#CCC(CC#CS(C)(C)C)(C(=O)OC)C(=O)OC. The minimum absolute atomic E-state index is 0.000810. The smallest absolute Gasteiger partial charge is 0.325 e. The molecule has 0 aliphatic rings. The van der Waals surface area contributed by atoms with E-state index in [9.17, 15) is 9.59 Å². The number of esters is 2. The second-order valence-electron chi connectivity index (χ2n) is 4.74. The maximum Gasteiger partial charge on any atom is 0.325 e. The Kier molecular flexibility index (Phi) is 6.52. The molecule has 0 aromatic rings. The van der Waals surface area contributed by atoms with E-state index in [1.54, 1.807) is 0 Å². The highest BCUT2D eigenvalue weighted by Gasteiger charge is 2.47. The van der Waals surface area contributed by atoms with Crippen molar-refractivity contribution in [3.63, 3.8) is 0 Å². The molecule has 0 amide bonds. The average molecular weight is 284 g/mol. The van der Waals surface area contributed by atoms with Crippen molar-refractivity contribution in [1.82, 2.24) is 0 Å². The molecule has 0 bridgehead atoms. The summed E-state index contributed by atoms with van der Waals surface area (Å²) in [6, 6.07) is 0. The van der Waals surface area contributed by atoms with E-state index in [0.717, 1.165) is 0 Å². The van der Waals surface area contributed by atoms with Crippen LogP contribution in [0.15, 0.2) is 0 Å². The van der Waals surface area contributed by atoms with Gasteiger partial charge in [0, 0.05) is 12.8 Å². The number of carbonyl (C=O) groups is 2. The summed E-state index contributed by atoms with van der Waals surface area (Å²) in [6.07, 6.45) is 11.2. The summed E-state index contributed by atoms with van der Waals surface area (Å²) < 4.78 is 9.36. The van der Waals surface area contributed by atoms with Gasteiger partial charge in [0.1, 0.15) is 0 Å². The Morgan fingerprint density at radius 3 is 1.89 bits per heavy atom. The molecular formula is C14H20O4S. The van der Waals surface area contributed by atoms with Crippen LogP contribution in [0.4, 0.5) is 0 Å². The normalized spacial score (nSPS) is 11.6. The van der Waals surface area contributed by atoms with Crippen LogP contribution in [0.1, 0.15) is 12.8 Å². The molecule has 0 heterocycles. The van der Waals surface area contributed by atoms with Gasteiger partial charge in [-0.15, -0.1) is 12.3 Å². The number of terminal acetylenes is 1. The molecular weight excluding hydrogens is 264 g/mol. The fourth-order valence-corrected chi connectivity index (χ4v) is 1.91. The van der Waals surface area contributed by atoms with Gasteiger partial charge >= 0.3 is 11.9 Å². The highest BCUT2D eigenvalue weighted by atomic mass is 32.3. The molecule has 0 unspecified atom stereocenters. The van der Waals surface area contributed by atoms with E-state index in [0.29, 0.717) is 0 Å². The van der Waals surface area contributed by atoms with Crippen LogP contribution >= 0.6 is 10.0 Å². The first kappa shape index (κ1) is 17.4. The van der Waals surface area contributed by atoms with Crippen LogP contribution in [-0.4, -0.2) is 44.9 Å². The second-order valence-corrected chi connectivity index (χ2v) is 8.62. The van der Waals surface area contributed by atoms with Crippen molar-refractivity contribution >= 4 is 22.0 Å². The van der Waals surface area contributed by atoms with E-state index in [4.69, 9.17) is 6.42 Å². The zero-order valence-corrected chi connectivity index (χ0v) is 12.8. The number of hydrogen-bond donors (Lipinski definition) is 0. The predicted molar refractivity (Wildman–Crippen MR) is 77.7 cm³/mol. The van der Waals surface area contributed by atoms with Crippen LogP contribution in [0.25, 0.3) is 0 Å². The lowest BCUT2D eigenvalue weighted by Crippen LogP contribution is -2.40. The zero-order valence-electron chi connectivity index (χ0n) is 12.0. The largest absolute Gasteiger partial charge is 0.468 e. The van der Waals surface area contributed by atoms with E-state index < -0.39 is 27.4 Å². The molecule has 0 saturated heterocycles. The monoisotopic (exact) mass is 284 g/mol. The second kappa shape index (κ2) is 7.11. The number of ether oxygens (including phenoxy) is 2. The summed E-state index contributed by atoms with van der Waals surface area (Å²) in [5.74, 6) is 3.77. The summed E-state index contributed by atoms with van der Waals surface area (Å²) in [6.45, 7) is 0. The van der Waals surface area contributed by atoms with Gasteiger partial charge in [0.05, 0.1) is 14.2 Å². The molecule has 0 aliphatic carbocycles. The van der Waals surface area contributed by atoms with Crippen LogP contribution in [0.3, 0.4) is 0 Å². The number of carbonyl (C=O) groups excluding carboxylic acids is 2. The van der Waals surface area contributed by atoms with Crippen LogP contribution < -0.4 is 0 Å². The summed E-state index contributed by atoms with van der Waals surface area (Å²) in [5.41, 5.74) is -1.53. The predicted octanol–water partition coefficient (Wildman–Crippen LogP) is 1.39. The summed E-state index contributed by atoms with van der Waals surface area (Å²) in [4.78, 5) is 23.8. The molecule has 4 nitrogen and oxygen atoms in total. The first-order valence-electron chi connectivity index (χ1n) is 5.51. The van der Waals surface area contributed by atoms with Crippen molar-refractivity contribution in [3.05, 3.63) is 0 Å². The third-order valence-corrected chi connectivity index (χ3v) is 3.08. The maximum absolute atomic E-state index is 11.9. The Hall–Kier alpha value is -1.59. The van der Waals surface area contributed by atoms with Gasteiger partial charge in [-0.25, -0.2) is 0 Å².